The SMILES string of the molecule is C[Si](C)(C)C#Cc1cc(C(=O)NC2CCCCNC2)c(NC(N)=O)s1. The summed E-state index contributed by atoms with van der Waals surface area (Å²) in [6.45, 7) is 8.21. The number of hydrogen-bond acceptors (Lipinski definition) is 4. The van der Waals surface area contributed by atoms with E-state index in [4.69, 9.17) is 5.73 Å². The molecule has 8 heteroatoms. The van der Waals surface area contributed by atoms with Gasteiger partial charge in [-0.1, -0.05) is 32.0 Å². The summed E-state index contributed by atoms with van der Waals surface area (Å²) in [5, 5.41) is 9.37. The minimum atomic E-state index is -1.52. The second kappa shape index (κ2) is 8.51. The molecular weight excluding hydrogens is 352 g/mol. The van der Waals surface area contributed by atoms with Crippen molar-refractivity contribution in [2.45, 2.75) is 44.9 Å². The molecule has 0 aliphatic carbocycles. The van der Waals surface area contributed by atoms with Crippen LogP contribution in [0.2, 0.25) is 19.6 Å². The molecule has 3 amide bonds. The molecular formula is C17H26N4O2SSi. The number of carbonyl (C=O) groups excluding carboxylic acids is 2. The van der Waals surface area contributed by atoms with E-state index in [0.29, 0.717) is 10.6 Å². The molecule has 5 N–H and O–H groups in total. The number of amides is 3. The van der Waals surface area contributed by atoms with Gasteiger partial charge in [-0.15, -0.1) is 16.9 Å². The average Bonchev–Trinajstić information content (AvgIpc) is 2.71. The summed E-state index contributed by atoms with van der Waals surface area (Å²) in [4.78, 5) is 24.7. The van der Waals surface area contributed by atoms with Gasteiger partial charge in [0.15, 0.2) is 0 Å². The van der Waals surface area contributed by atoms with Crippen LogP contribution in [0.5, 0.6) is 0 Å². The molecule has 0 saturated carbocycles. The van der Waals surface area contributed by atoms with Crippen LogP contribution in [0, 0.1) is 11.5 Å². The maximum atomic E-state index is 12.7. The van der Waals surface area contributed by atoms with Gasteiger partial charge in [-0.2, -0.15) is 0 Å². The highest BCUT2D eigenvalue weighted by Gasteiger charge is 2.21. The molecule has 1 atom stereocenters. The van der Waals surface area contributed by atoms with Gasteiger partial charge in [-0.25, -0.2) is 4.79 Å². The second-order valence-corrected chi connectivity index (χ2v) is 13.0. The van der Waals surface area contributed by atoms with Crippen LogP contribution in [0.3, 0.4) is 0 Å². The first-order chi connectivity index (χ1) is 11.7. The Morgan fingerprint density at radius 3 is 2.80 bits per heavy atom. The predicted octanol–water partition coefficient (Wildman–Crippen LogP) is 2.34. The van der Waals surface area contributed by atoms with Crippen LogP contribution in [-0.2, 0) is 0 Å². The van der Waals surface area contributed by atoms with Crippen LogP contribution in [-0.4, -0.2) is 39.1 Å². The maximum Gasteiger partial charge on any atom is 0.317 e. The van der Waals surface area contributed by atoms with Crippen molar-refractivity contribution in [1.82, 2.24) is 10.6 Å². The Bertz CT molecular complexity index is 692. The van der Waals surface area contributed by atoms with Crippen LogP contribution in [0.15, 0.2) is 6.07 Å². The highest BCUT2D eigenvalue weighted by Crippen LogP contribution is 2.28. The van der Waals surface area contributed by atoms with E-state index in [1.54, 1.807) is 6.07 Å². The number of rotatable bonds is 3. The lowest BCUT2D eigenvalue weighted by Gasteiger charge is -2.16. The summed E-state index contributed by atoms with van der Waals surface area (Å²) in [6, 6.07) is 1.15. The fourth-order valence-corrected chi connectivity index (χ4v) is 3.99. The molecule has 0 aromatic carbocycles. The normalized spacial score (nSPS) is 17.8. The summed E-state index contributed by atoms with van der Waals surface area (Å²) in [5.41, 5.74) is 8.93. The fraction of sp³-hybridized carbons (Fsp3) is 0.529. The molecule has 1 aliphatic rings. The molecule has 2 rings (SSSR count). The Morgan fingerprint density at radius 2 is 2.12 bits per heavy atom. The Morgan fingerprint density at radius 1 is 1.36 bits per heavy atom. The molecule has 1 aromatic heterocycles. The van der Waals surface area contributed by atoms with Crippen molar-refractivity contribution in [2.24, 2.45) is 5.73 Å². The molecule has 1 fully saturated rings. The fourth-order valence-electron chi connectivity index (χ4n) is 2.48. The lowest BCUT2D eigenvalue weighted by molar-refractivity contribution is 0.0937. The van der Waals surface area contributed by atoms with Crippen molar-refractivity contribution >= 4 is 36.4 Å². The van der Waals surface area contributed by atoms with E-state index in [1.165, 1.54) is 11.3 Å². The summed E-state index contributed by atoms with van der Waals surface area (Å²) < 4.78 is 0. The van der Waals surface area contributed by atoms with Crippen LogP contribution in [0.25, 0.3) is 0 Å². The van der Waals surface area contributed by atoms with Gasteiger partial charge in [-0.3, -0.25) is 10.1 Å². The molecule has 6 nitrogen and oxygen atoms in total. The van der Waals surface area contributed by atoms with E-state index in [0.717, 1.165) is 37.2 Å². The zero-order chi connectivity index (χ0) is 18.4. The zero-order valence-electron chi connectivity index (χ0n) is 15.0. The van der Waals surface area contributed by atoms with Crippen molar-refractivity contribution < 1.29 is 9.59 Å². The quantitative estimate of drug-likeness (QED) is 0.480. The van der Waals surface area contributed by atoms with Crippen molar-refractivity contribution in [3.05, 3.63) is 16.5 Å². The number of anilines is 1. The van der Waals surface area contributed by atoms with Gasteiger partial charge in [0.1, 0.15) is 13.1 Å². The first-order valence-corrected chi connectivity index (χ1v) is 12.8. The Labute approximate surface area is 154 Å². The predicted molar refractivity (Wildman–Crippen MR) is 106 cm³/mol. The molecule has 1 saturated heterocycles. The minimum Gasteiger partial charge on any atom is -0.351 e. The molecule has 2 heterocycles. The molecule has 1 aromatic rings. The first kappa shape index (κ1) is 19.5. The number of thiophene rings is 1. The Balaban J connectivity index is 2.20. The first-order valence-electron chi connectivity index (χ1n) is 8.49. The molecule has 0 bridgehead atoms. The number of nitrogens with one attached hydrogen (secondary N) is 3. The number of hydrogen-bond donors (Lipinski definition) is 4. The van der Waals surface area contributed by atoms with E-state index in [9.17, 15) is 9.59 Å². The van der Waals surface area contributed by atoms with E-state index in [2.05, 4.69) is 47.1 Å². The van der Waals surface area contributed by atoms with E-state index >= 15 is 0 Å². The minimum absolute atomic E-state index is 0.0906. The van der Waals surface area contributed by atoms with Gasteiger partial charge in [-0.05, 0) is 25.5 Å². The standard InChI is InChI=1S/C17H26N4O2SSi/c1-25(2,3)9-7-13-10-14(16(24-13)21-17(18)23)15(22)20-12-6-4-5-8-19-11-12/h10,12,19H,4-6,8,11H2,1-3H3,(H,20,22)(H3,18,21,23). The van der Waals surface area contributed by atoms with E-state index in [-0.39, 0.29) is 11.9 Å². The second-order valence-electron chi connectivity index (χ2n) is 7.21. The van der Waals surface area contributed by atoms with Gasteiger partial charge < -0.3 is 16.4 Å². The van der Waals surface area contributed by atoms with Crippen molar-refractivity contribution in [2.75, 3.05) is 18.4 Å². The highest BCUT2D eigenvalue weighted by molar-refractivity contribution is 7.17. The molecule has 136 valence electrons. The van der Waals surface area contributed by atoms with Crippen LogP contribution >= 0.6 is 11.3 Å². The lowest BCUT2D eigenvalue weighted by Crippen LogP contribution is -2.41. The van der Waals surface area contributed by atoms with Gasteiger partial charge in [0.05, 0.1) is 10.4 Å². The summed E-state index contributed by atoms with van der Waals surface area (Å²) in [5.74, 6) is 2.93. The number of nitrogens with two attached hydrogens (primary N) is 1. The van der Waals surface area contributed by atoms with E-state index in [1.807, 2.05) is 0 Å². The topological polar surface area (TPSA) is 96.2 Å². The van der Waals surface area contributed by atoms with Gasteiger partial charge >= 0.3 is 6.03 Å². The molecule has 1 unspecified atom stereocenters. The summed E-state index contributed by atoms with van der Waals surface area (Å²) in [7, 11) is -1.52. The summed E-state index contributed by atoms with van der Waals surface area (Å²) >= 11 is 1.28. The zero-order valence-corrected chi connectivity index (χ0v) is 16.8. The van der Waals surface area contributed by atoms with Crippen LogP contribution in [0.4, 0.5) is 9.80 Å². The monoisotopic (exact) mass is 378 g/mol. The maximum absolute atomic E-state index is 12.7. The van der Waals surface area contributed by atoms with Crippen molar-refractivity contribution in [3.63, 3.8) is 0 Å². The number of primary amides is 1. The molecule has 25 heavy (non-hydrogen) atoms. The third-order valence-corrected chi connectivity index (χ3v) is 5.50. The molecule has 0 radical (unpaired) electrons. The van der Waals surface area contributed by atoms with Crippen molar-refractivity contribution in [1.29, 1.82) is 0 Å². The third kappa shape index (κ3) is 6.53. The van der Waals surface area contributed by atoms with Crippen LogP contribution < -0.4 is 21.7 Å². The Hall–Kier alpha value is -1.82. The Kier molecular flexibility index (Phi) is 6.64. The average molecular weight is 379 g/mol. The smallest absolute Gasteiger partial charge is 0.317 e. The van der Waals surface area contributed by atoms with Gasteiger partial charge in [0.2, 0.25) is 0 Å². The highest BCUT2D eigenvalue weighted by atomic mass is 32.1. The van der Waals surface area contributed by atoms with Crippen molar-refractivity contribution in [3.8, 4) is 11.5 Å². The van der Waals surface area contributed by atoms with Gasteiger partial charge in [0, 0.05) is 12.6 Å². The largest absolute Gasteiger partial charge is 0.351 e. The third-order valence-electron chi connectivity index (χ3n) is 3.66. The lowest BCUT2D eigenvalue weighted by atomic mass is 10.1. The number of carbonyl (C=O) groups is 2. The molecule has 0 spiro atoms. The van der Waals surface area contributed by atoms with Crippen LogP contribution in [0.1, 0.15) is 34.5 Å². The van der Waals surface area contributed by atoms with E-state index < -0.39 is 14.1 Å². The van der Waals surface area contributed by atoms with Gasteiger partial charge in [0.25, 0.3) is 5.91 Å². The summed E-state index contributed by atoms with van der Waals surface area (Å²) in [6.07, 6.45) is 3.15. The number of urea groups is 1. The molecule has 1 aliphatic heterocycles.